The first-order valence-electron chi connectivity index (χ1n) is 9.79. The summed E-state index contributed by atoms with van der Waals surface area (Å²) in [7, 11) is 0. The first kappa shape index (κ1) is 18.6. The number of hydrogen-bond acceptors (Lipinski definition) is 4. The number of imidazole rings is 1. The van der Waals surface area contributed by atoms with Crippen LogP contribution in [-0.4, -0.2) is 32.5 Å². The summed E-state index contributed by atoms with van der Waals surface area (Å²) in [6.45, 7) is 2.77. The van der Waals surface area contributed by atoms with Crippen LogP contribution in [0.15, 0.2) is 58.7 Å². The standard InChI is InChI=1S/C22H21ClN4OS/c23-16-7-5-15(6-8-16)21-24-17(14-29-21)13-26-11-9-18(10-12-26)27-20-4-2-1-3-19(20)25-22(27)28/h1-8,14,18H,9-13H2,(H,25,28). The number of halogens is 1. The first-order valence-corrected chi connectivity index (χ1v) is 11.0. The number of fused-ring (bicyclic) bond motifs is 1. The van der Waals surface area contributed by atoms with E-state index < -0.39 is 0 Å². The molecule has 0 atom stereocenters. The van der Waals surface area contributed by atoms with Crippen LogP contribution in [0, 0.1) is 0 Å². The van der Waals surface area contributed by atoms with E-state index in [-0.39, 0.29) is 11.7 Å². The molecule has 1 fully saturated rings. The van der Waals surface area contributed by atoms with Crippen molar-refractivity contribution in [1.29, 1.82) is 0 Å². The molecule has 0 saturated carbocycles. The highest BCUT2D eigenvalue weighted by molar-refractivity contribution is 7.13. The van der Waals surface area contributed by atoms with Crippen LogP contribution >= 0.6 is 22.9 Å². The summed E-state index contributed by atoms with van der Waals surface area (Å²) in [6.07, 6.45) is 1.94. The highest BCUT2D eigenvalue weighted by atomic mass is 35.5. The topological polar surface area (TPSA) is 53.9 Å². The van der Waals surface area contributed by atoms with Gasteiger partial charge in [-0.15, -0.1) is 11.3 Å². The number of hydrogen-bond donors (Lipinski definition) is 1. The molecule has 4 aromatic rings. The lowest BCUT2D eigenvalue weighted by Gasteiger charge is -2.32. The lowest BCUT2D eigenvalue weighted by atomic mass is 10.0. The Balaban J connectivity index is 1.25. The van der Waals surface area contributed by atoms with E-state index in [1.807, 2.05) is 53.1 Å². The first-order chi connectivity index (χ1) is 14.2. The van der Waals surface area contributed by atoms with E-state index >= 15 is 0 Å². The van der Waals surface area contributed by atoms with E-state index in [0.717, 1.165) is 64.8 Å². The number of aromatic amines is 1. The summed E-state index contributed by atoms with van der Waals surface area (Å²) in [5.74, 6) is 0. The summed E-state index contributed by atoms with van der Waals surface area (Å²) < 4.78 is 1.94. The maximum atomic E-state index is 12.4. The highest BCUT2D eigenvalue weighted by Crippen LogP contribution is 2.28. The van der Waals surface area contributed by atoms with Crippen molar-refractivity contribution in [3.63, 3.8) is 0 Å². The number of benzene rings is 2. The minimum atomic E-state index is -0.00300. The van der Waals surface area contributed by atoms with Gasteiger partial charge in [0.25, 0.3) is 0 Å². The maximum absolute atomic E-state index is 12.4. The van der Waals surface area contributed by atoms with Gasteiger partial charge >= 0.3 is 5.69 Å². The van der Waals surface area contributed by atoms with Crippen molar-refractivity contribution in [3.8, 4) is 10.6 Å². The molecular weight excluding hydrogens is 404 g/mol. The summed E-state index contributed by atoms with van der Waals surface area (Å²) >= 11 is 7.65. The molecule has 0 unspecified atom stereocenters. The number of thiazole rings is 1. The summed E-state index contributed by atoms with van der Waals surface area (Å²) in [5, 5.41) is 3.90. The summed E-state index contributed by atoms with van der Waals surface area (Å²) in [5.41, 5.74) is 4.11. The molecule has 2 aromatic carbocycles. The van der Waals surface area contributed by atoms with Gasteiger partial charge in [-0.25, -0.2) is 9.78 Å². The molecule has 0 aliphatic carbocycles. The lowest BCUT2D eigenvalue weighted by molar-refractivity contribution is 0.178. The second-order valence-electron chi connectivity index (χ2n) is 7.48. The average Bonchev–Trinajstić information content (AvgIpc) is 3.33. The predicted molar refractivity (Wildman–Crippen MR) is 119 cm³/mol. The zero-order valence-electron chi connectivity index (χ0n) is 15.8. The number of nitrogens with one attached hydrogen (secondary N) is 1. The molecule has 1 aliphatic heterocycles. The largest absolute Gasteiger partial charge is 0.326 e. The molecule has 1 N–H and O–H groups in total. The van der Waals surface area contributed by atoms with Crippen molar-refractivity contribution >= 4 is 34.0 Å². The normalized spacial score (nSPS) is 15.9. The summed E-state index contributed by atoms with van der Waals surface area (Å²) in [4.78, 5) is 22.6. The Kier molecular flexibility index (Phi) is 4.99. The van der Waals surface area contributed by atoms with Gasteiger partial charge in [0.1, 0.15) is 5.01 Å². The smallest absolute Gasteiger partial charge is 0.306 e. The third-order valence-electron chi connectivity index (χ3n) is 5.57. The van der Waals surface area contributed by atoms with Gasteiger partial charge in [-0.2, -0.15) is 0 Å². The molecule has 2 aromatic heterocycles. The summed E-state index contributed by atoms with van der Waals surface area (Å²) in [6, 6.07) is 16.0. The van der Waals surface area contributed by atoms with Crippen LogP contribution in [0.4, 0.5) is 0 Å². The fraction of sp³-hybridized carbons (Fsp3) is 0.273. The quantitative estimate of drug-likeness (QED) is 0.504. The van der Waals surface area contributed by atoms with Crippen molar-refractivity contribution in [2.45, 2.75) is 25.4 Å². The Morgan fingerprint density at radius 3 is 2.66 bits per heavy atom. The zero-order chi connectivity index (χ0) is 19.8. The molecule has 1 aliphatic rings. The Labute approximate surface area is 177 Å². The molecule has 148 valence electrons. The number of H-pyrrole nitrogens is 1. The fourth-order valence-corrected chi connectivity index (χ4v) is 5.05. The molecule has 29 heavy (non-hydrogen) atoms. The lowest BCUT2D eigenvalue weighted by Crippen LogP contribution is -2.36. The van der Waals surface area contributed by atoms with E-state index in [1.54, 1.807) is 11.3 Å². The van der Waals surface area contributed by atoms with Gasteiger partial charge in [0.05, 0.1) is 16.7 Å². The van der Waals surface area contributed by atoms with E-state index in [1.165, 1.54) is 0 Å². The van der Waals surface area contributed by atoms with Gasteiger partial charge in [0, 0.05) is 41.6 Å². The van der Waals surface area contributed by atoms with Crippen LogP contribution in [0.2, 0.25) is 5.02 Å². The number of piperidine rings is 1. The van der Waals surface area contributed by atoms with Crippen LogP contribution in [0.5, 0.6) is 0 Å². The number of nitrogens with zero attached hydrogens (tertiary/aromatic N) is 3. The van der Waals surface area contributed by atoms with Gasteiger partial charge in [-0.05, 0) is 37.1 Å². The van der Waals surface area contributed by atoms with Gasteiger partial charge in [-0.3, -0.25) is 9.47 Å². The van der Waals surface area contributed by atoms with E-state index in [9.17, 15) is 4.79 Å². The number of para-hydroxylation sites is 2. The van der Waals surface area contributed by atoms with Crippen molar-refractivity contribution < 1.29 is 0 Å². The zero-order valence-corrected chi connectivity index (χ0v) is 17.4. The molecular formula is C22H21ClN4OS. The Bertz CT molecular complexity index is 1190. The number of rotatable bonds is 4. The van der Waals surface area contributed by atoms with Gasteiger partial charge < -0.3 is 4.98 Å². The minimum absolute atomic E-state index is 0.00300. The molecule has 0 amide bonds. The molecule has 0 bridgehead atoms. The van der Waals surface area contributed by atoms with Gasteiger partial charge in [0.15, 0.2) is 0 Å². The number of likely N-dealkylation sites (tertiary alicyclic amines) is 1. The van der Waals surface area contributed by atoms with Crippen molar-refractivity contribution in [2.24, 2.45) is 0 Å². The second kappa shape index (κ2) is 7.78. The third-order valence-corrected chi connectivity index (χ3v) is 6.77. The monoisotopic (exact) mass is 424 g/mol. The molecule has 0 spiro atoms. The predicted octanol–water partition coefficient (Wildman–Crippen LogP) is 4.94. The van der Waals surface area contributed by atoms with E-state index in [4.69, 9.17) is 16.6 Å². The molecule has 3 heterocycles. The Morgan fingerprint density at radius 2 is 1.86 bits per heavy atom. The minimum Gasteiger partial charge on any atom is -0.306 e. The third kappa shape index (κ3) is 3.75. The Hall–Kier alpha value is -2.41. The van der Waals surface area contributed by atoms with Crippen LogP contribution in [0.25, 0.3) is 21.6 Å². The van der Waals surface area contributed by atoms with Crippen molar-refractivity contribution in [3.05, 3.63) is 75.1 Å². The average molecular weight is 425 g/mol. The Morgan fingerprint density at radius 1 is 1.10 bits per heavy atom. The van der Waals surface area contributed by atoms with Gasteiger partial charge in [0.2, 0.25) is 0 Å². The fourth-order valence-electron chi connectivity index (χ4n) is 4.11. The molecule has 1 saturated heterocycles. The van der Waals surface area contributed by atoms with E-state index in [0.29, 0.717) is 0 Å². The van der Waals surface area contributed by atoms with E-state index in [2.05, 4.69) is 15.3 Å². The SMILES string of the molecule is O=c1[nH]c2ccccc2n1C1CCN(Cc2csc(-c3ccc(Cl)cc3)n2)CC1. The van der Waals surface area contributed by atoms with Crippen LogP contribution in [-0.2, 0) is 6.54 Å². The van der Waals surface area contributed by atoms with Crippen molar-refractivity contribution in [1.82, 2.24) is 19.4 Å². The maximum Gasteiger partial charge on any atom is 0.326 e. The number of aromatic nitrogens is 3. The molecule has 5 rings (SSSR count). The highest BCUT2D eigenvalue weighted by Gasteiger charge is 2.24. The van der Waals surface area contributed by atoms with Gasteiger partial charge in [-0.1, -0.05) is 35.9 Å². The van der Waals surface area contributed by atoms with Crippen molar-refractivity contribution in [2.75, 3.05) is 13.1 Å². The molecule has 0 radical (unpaired) electrons. The van der Waals surface area contributed by atoms with Crippen LogP contribution < -0.4 is 5.69 Å². The molecule has 5 nitrogen and oxygen atoms in total. The second-order valence-corrected chi connectivity index (χ2v) is 8.77. The van der Waals surface area contributed by atoms with Crippen LogP contribution in [0.3, 0.4) is 0 Å². The molecule has 7 heteroatoms. The van der Waals surface area contributed by atoms with Crippen LogP contribution in [0.1, 0.15) is 24.6 Å².